The highest BCUT2D eigenvalue weighted by Gasteiger charge is 2.78. The minimum atomic E-state index is -6.66. The maximum absolute atomic E-state index is 13.9. The van der Waals surface area contributed by atoms with Crippen molar-refractivity contribution in [1.82, 2.24) is 0 Å². The summed E-state index contributed by atoms with van der Waals surface area (Å²) in [6, 6.07) is 14.9. The van der Waals surface area contributed by atoms with Gasteiger partial charge in [-0.15, -0.1) is 11.8 Å². The van der Waals surface area contributed by atoms with E-state index in [4.69, 9.17) is 8.92 Å². The first-order valence-corrected chi connectivity index (χ1v) is 18.0. The Morgan fingerprint density at radius 1 is 0.894 bits per heavy atom. The standard InChI is InChI=1S/C28H22F6O10S3/c29-27(30,31)26(28(32,33)34,10-46(37,38)39)43-25(36)18-21-19(20-22(45-21)23(18)47(40,41)44-20)42-24(35)16-9-15-11-5-1-3-7-13(11)17(16)14-8-4-2-6-12(14)15/h1-8,15-23H,9-10H2,(H,37,38,39)/p-1. The van der Waals surface area contributed by atoms with Crippen LogP contribution in [0.3, 0.4) is 0 Å². The number of hydrogen-bond donors (Lipinski definition) is 0. The summed E-state index contributed by atoms with van der Waals surface area (Å²) in [6.07, 6.45) is -16.0. The number of rotatable bonds is 6. The highest BCUT2D eigenvalue weighted by Crippen LogP contribution is 2.61. The Morgan fingerprint density at radius 2 is 1.43 bits per heavy atom. The Kier molecular flexibility index (Phi) is 7.17. The van der Waals surface area contributed by atoms with Crippen LogP contribution in [0.2, 0.25) is 0 Å². The van der Waals surface area contributed by atoms with Crippen molar-refractivity contribution in [2.45, 2.75) is 64.2 Å². The van der Waals surface area contributed by atoms with Crippen LogP contribution < -0.4 is 0 Å². The molecular weight excluding hydrogens is 706 g/mol. The Morgan fingerprint density at radius 3 is 1.94 bits per heavy atom. The van der Waals surface area contributed by atoms with E-state index >= 15 is 0 Å². The summed E-state index contributed by atoms with van der Waals surface area (Å²) in [5, 5.41) is -4.76. The molecular formula is C28H21F6O10S3-. The summed E-state index contributed by atoms with van der Waals surface area (Å²) in [4.78, 5) is 27.1. The fourth-order valence-electron chi connectivity index (χ4n) is 7.78. The molecule has 2 aromatic rings. The topological polar surface area (TPSA) is 153 Å². The minimum absolute atomic E-state index is 0.204. The molecule has 10 nitrogen and oxygen atoms in total. The summed E-state index contributed by atoms with van der Waals surface area (Å²) in [6.45, 7) is 0. The molecule has 0 spiro atoms. The van der Waals surface area contributed by atoms with Gasteiger partial charge >= 0.3 is 29.9 Å². The first kappa shape index (κ1) is 32.7. The second kappa shape index (κ2) is 10.3. The van der Waals surface area contributed by atoms with Gasteiger partial charge in [-0.3, -0.25) is 13.8 Å². The molecule has 0 saturated carbocycles. The lowest BCUT2D eigenvalue weighted by molar-refractivity contribution is -0.362. The lowest BCUT2D eigenvalue weighted by atomic mass is 9.59. The van der Waals surface area contributed by atoms with Crippen LogP contribution in [-0.2, 0) is 43.5 Å². The first-order chi connectivity index (χ1) is 21.8. The third-order valence-electron chi connectivity index (χ3n) is 9.60. The van der Waals surface area contributed by atoms with E-state index in [-0.39, 0.29) is 12.3 Å². The molecule has 6 aliphatic rings. The number of carbonyl (C=O) groups is 2. The molecule has 2 aromatic carbocycles. The van der Waals surface area contributed by atoms with Crippen LogP contribution in [0.1, 0.15) is 40.5 Å². The fourth-order valence-corrected chi connectivity index (χ4v) is 13.1. The quantitative estimate of drug-likeness (QED) is 0.186. The van der Waals surface area contributed by atoms with Crippen molar-refractivity contribution in [3.05, 3.63) is 70.8 Å². The maximum Gasteiger partial charge on any atom is 0.438 e. The number of esters is 2. The Bertz CT molecular complexity index is 1830. The van der Waals surface area contributed by atoms with Crippen molar-refractivity contribution in [3.63, 3.8) is 0 Å². The number of hydrogen-bond acceptors (Lipinski definition) is 11. The monoisotopic (exact) mass is 727 g/mol. The van der Waals surface area contributed by atoms with Crippen molar-refractivity contribution in [3.8, 4) is 0 Å². The van der Waals surface area contributed by atoms with E-state index in [9.17, 15) is 57.3 Å². The average Bonchev–Trinajstić information content (AvgIpc) is 3.58. The van der Waals surface area contributed by atoms with Gasteiger partial charge < -0.3 is 14.0 Å². The molecule has 47 heavy (non-hydrogen) atoms. The summed E-state index contributed by atoms with van der Waals surface area (Å²) >= 11 is 0.668. The van der Waals surface area contributed by atoms with Crippen molar-refractivity contribution >= 4 is 43.9 Å². The summed E-state index contributed by atoms with van der Waals surface area (Å²) < 4.78 is 158. The van der Waals surface area contributed by atoms with Crippen LogP contribution in [0.15, 0.2) is 48.5 Å². The third-order valence-corrected chi connectivity index (χ3v) is 14.0. The molecule has 0 aromatic heterocycles. The Hall–Kier alpha value is -2.87. The van der Waals surface area contributed by atoms with Crippen molar-refractivity contribution < 1.29 is 71.0 Å². The number of fused-ring (bicyclic) bond motifs is 2. The van der Waals surface area contributed by atoms with E-state index < -0.39 is 102 Å². The fraction of sp³-hybridized carbons (Fsp3) is 0.500. The zero-order chi connectivity index (χ0) is 34.1. The van der Waals surface area contributed by atoms with E-state index in [0.717, 1.165) is 22.3 Å². The largest absolute Gasteiger partial charge is 0.748 e. The first-order valence-electron chi connectivity index (χ1n) is 14.0. The van der Waals surface area contributed by atoms with Crippen LogP contribution in [-0.4, -0.2) is 85.0 Å². The summed E-state index contributed by atoms with van der Waals surface area (Å²) in [5.41, 5.74) is -2.08. The lowest BCUT2D eigenvalue weighted by Gasteiger charge is -2.45. The molecule has 7 unspecified atom stereocenters. The zero-order valence-electron chi connectivity index (χ0n) is 23.3. The minimum Gasteiger partial charge on any atom is -0.748 e. The summed E-state index contributed by atoms with van der Waals surface area (Å²) in [7, 11) is -11.2. The second-order valence-electron chi connectivity index (χ2n) is 12.1. The number of carbonyl (C=O) groups excluding carboxylic acids is 2. The van der Waals surface area contributed by atoms with Gasteiger partial charge in [-0.25, -0.2) is 8.42 Å². The predicted molar refractivity (Wildman–Crippen MR) is 146 cm³/mol. The second-order valence-corrected chi connectivity index (χ2v) is 16.6. The van der Waals surface area contributed by atoms with Gasteiger partial charge in [-0.2, -0.15) is 34.8 Å². The molecule has 3 fully saturated rings. The van der Waals surface area contributed by atoms with Gasteiger partial charge in [0.1, 0.15) is 17.5 Å². The highest BCUT2D eigenvalue weighted by molar-refractivity contribution is 8.03. The number of alkyl halides is 6. The molecule has 8 rings (SSSR count). The van der Waals surface area contributed by atoms with Gasteiger partial charge in [0.15, 0.2) is 0 Å². The van der Waals surface area contributed by atoms with Crippen LogP contribution >= 0.6 is 11.8 Å². The number of halogens is 6. The number of benzene rings is 2. The molecule has 3 aliphatic heterocycles. The smallest absolute Gasteiger partial charge is 0.438 e. The molecule has 0 amide bonds. The van der Waals surface area contributed by atoms with E-state index in [1.807, 2.05) is 36.4 Å². The summed E-state index contributed by atoms with van der Waals surface area (Å²) in [5.74, 6) is -10.3. The predicted octanol–water partition coefficient (Wildman–Crippen LogP) is 3.36. The van der Waals surface area contributed by atoms with Gasteiger partial charge in [0.2, 0.25) is 0 Å². The molecule has 254 valence electrons. The molecule has 3 heterocycles. The van der Waals surface area contributed by atoms with Crippen molar-refractivity contribution in [2.24, 2.45) is 11.8 Å². The molecule has 0 N–H and O–H groups in total. The lowest BCUT2D eigenvalue weighted by Crippen LogP contribution is -2.64. The third kappa shape index (κ3) is 4.81. The average molecular weight is 728 g/mol. The highest BCUT2D eigenvalue weighted by atomic mass is 32.2. The molecule has 7 atom stereocenters. The van der Waals surface area contributed by atoms with Crippen molar-refractivity contribution in [1.29, 1.82) is 0 Å². The molecule has 3 saturated heterocycles. The molecule has 0 radical (unpaired) electrons. The molecule has 19 heteroatoms. The normalized spacial score (nSPS) is 33.3. The van der Waals surface area contributed by atoms with Gasteiger partial charge in [-0.1, -0.05) is 48.5 Å². The van der Waals surface area contributed by atoms with E-state index in [2.05, 4.69) is 4.74 Å². The Labute approximate surface area is 267 Å². The van der Waals surface area contributed by atoms with Crippen LogP contribution in [0.4, 0.5) is 26.3 Å². The van der Waals surface area contributed by atoms with Gasteiger partial charge in [0.25, 0.3) is 10.1 Å². The number of ether oxygens (including phenoxy) is 2. The van der Waals surface area contributed by atoms with Crippen LogP contribution in [0, 0.1) is 11.8 Å². The van der Waals surface area contributed by atoms with E-state index in [0.29, 0.717) is 11.8 Å². The zero-order valence-corrected chi connectivity index (χ0v) is 25.8. The van der Waals surface area contributed by atoms with Gasteiger partial charge in [0.05, 0.1) is 38.2 Å². The van der Waals surface area contributed by atoms with Gasteiger partial charge in [0, 0.05) is 11.8 Å². The number of thioether (sulfide) groups is 1. The molecule has 4 bridgehead atoms. The molecule has 3 aliphatic carbocycles. The van der Waals surface area contributed by atoms with Crippen LogP contribution in [0.5, 0.6) is 0 Å². The SMILES string of the molecule is O=C(OC1C2OS(=O)(=O)C3C2SC1C3C(=O)OC(CS(=O)(=O)[O-])(C(F)(F)F)C(F)(F)F)C1CC2c3ccccc3C1c1ccccc12. The van der Waals surface area contributed by atoms with E-state index in [1.165, 1.54) is 0 Å². The van der Waals surface area contributed by atoms with Crippen molar-refractivity contribution in [2.75, 3.05) is 5.75 Å². The maximum atomic E-state index is 13.9. The Balaban J connectivity index is 1.21. The van der Waals surface area contributed by atoms with Gasteiger partial charge in [-0.05, 0) is 28.7 Å². The van der Waals surface area contributed by atoms with Crippen LogP contribution in [0.25, 0.3) is 0 Å². The van der Waals surface area contributed by atoms with E-state index in [1.54, 1.807) is 12.1 Å².